The van der Waals surface area contributed by atoms with Gasteiger partial charge in [-0.2, -0.15) is 0 Å². The number of carbonyl (C=O) groups excluding carboxylic acids is 1. The van der Waals surface area contributed by atoms with Crippen LogP contribution in [0.4, 0.5) is 0 Å². The Bertz CT molecular complexity index is 919. The van der Waals surface area contributed by atoms with Crippen molar-refractivity contribution < 1.29 is 4.79 Å². The van der Waals surface area contributed by atoms with Crippen molar-refractivity contribution in [1.82, 2.24) is 10.3 Å². The highest BCUT2D eigenvalue weighted by Gasteiger charge is 2.22. The third-order valence-electron chi connectivity index (χ3n) is 4.75. The molecule has 0 saturated heterocycles. The van der Waals surface area contributed by atoms with Gasteiger partial charge in [0.25, 0.3) is 0 Å². The molecule has 0 aliphatic carbocycles. The number of halogens is 2. The molecule has 0 bridgehead atoms. The fourth-order valence-electron chi connectivity index (χ4n) is 3.14. The Kier molecular flexibility index (Phi) is 5.90. The molecule has 2 aromatic carbocycles. The van der Waals surface area contributed by atoms with Crippen molar-refractivity contribution in [2.75, 3.05) is 0 Å². The Balaban J connectivity index is 2.01. The second-order valence-electron chi connectivity index (χ2n) is 6.60. The second-order valence-corrected chi connectivity index (χ2v) is 7.41. The van der Waals surface area contributed by atoms with Crippen LogP contribution in [-0.2, 0) is 4.79 Å². The molecule has 3 rings (SSSR count). The summed E-state index contributed by atoms with van der Waals surface area (Å²) < 4.78 is 0. The third-order valence-corrected chi connectivity index (χ3v) is 5.49. The average Bonchev–Trinajstić information content (AvgIpc) is 3.06. The highest BCUT2D eigenvalue weighted by molar-refractivity contribution is 6.42. The van der Waals surface area contributed by atoms with E-state index < -0.39 is 0 Å². The van der Waals surface area contributed by atoms with Gasteiger partial charge in [-0.05, 0) is 42.7 Å². The molecular weight excluding hydrogens is 367 g/mol. The molecule has 26 heavy (non-hydrogen) atoms. The van der Waals surface area contributed by atoms with Crippen LogP contribution < -0.4 is 5.32 Å². The maximum Gasteiger partial charge on any atom is 0.221 e. The molecule has 136 valence electrons. The quantitative estimate of drug-likeness (QED) is 0.541. The Morgan fingerprint density at radius 2 is 1.92 bits per heavy atom. The summed E-state index contributed by atoms with van der Waals surface area (Å²) in [6, 6.07) is 13.8. The number of hydrogen-bond acceptors (Lipinski definition) is 1. The van der Waals surface area contributed by atoms with Crippen LogP contribution >= 0.6 is 23.2 Å². The van der Waals surface area contributed by atoms with Crippen LogP contribution in [0.25, 0.3) is 10.9 Å². The summed E-state index contributed by atoms with van der Waals surface area (Å²) in [7, 11) is 0. The first-order chi connectivity index (χ1) is 12.5. The first kappa shape index (κ1) is 18.8. The van der Waals surface area contributed by atoms with Crippen LogP contribution in [0, 0.1) is 0 Å². The van der Waals surface area contributed by atoms with E-state index in [9.17, 15) is 4.79 Å². The molecule has 0 unspecified atom stereocenters. The summed E-state index contributed by atoms with van der Waals surface area (Å²) in [6.07, 6.45) is 3.23. The van der Waals surface area contributed by atoms with Gasteiger partial charge >= 0.3 is 0 Å². The normalized spacial score (nSPS) is 13.5. The van der Waals surface area contributed by atoms with Crippen molar-refractivity contribution in [3.8, 4) is 0 Å². The number of nitrogens with one attached hydrogen (secondary N) is 2. The monoisotopic (exact) mass is 388 g/mol. The average molecular weight is 389 g/mol. The fourth-order valence-corrected chi connectivity index (χ4v) is 3.45. The van der Waals surface area contributed by atoms with Gasteiger partial charge in [-0.3, -0.25) is 4.79 Å². The number of H-pyrrole nitrogens is 1. The predicted molar refractivity (Wildman–Crippen MR) is 109 cm³/mol. The van der Waals surface area contributed by atoms with Crippen molar-refractivity contribution >= 4 is 40.0 Å². The molecule has 0 radical (unpaired) electrons. The van der Waals surface area contributed by atoms with Gasteiger partial charge in [0.2, 0.25) is 5.91 Å². The van der Waals surface area contributed by atoms with E-state index in [1.54, 1.807) is 6.07 Å². The van der Waals surface area contributed by atoms with Crippen LogP contribution in [0.3, 0.4) is 0 Å². The Hall–Kier alpha value is -1.97. The van der Waals surface area contributed by atoms with E-state index >= 15 is 0 Å². The largest absolute Gasteiger partial charge is 0.361 e. The van der Waals surface area contributed by atoms with E-state index in [-0.39, 0.29) is 17.9 Å². The van der Waals surface area contributed by atoms with Crippen molar-refractivity contribution in [2.45, 2.75) is 38.6 Å². The third kappa shape index (κ3) is 4.05. The Morgan fingerprint density at radius 3 is 2.65 bits per heavy atom. The SMILES string of the molecule is CC[C@@H](C)NC(=O)C[C@H](c1ccc(Cl)c(Cl)c1)c1c[nH]c2ccccc12. The standard InChI is InChI=1S/C21H22Cl2N2O/c1-3-13(2)25-21(26)11-16(14-8-9-18(22)19(23)10-14)17-12-24-20-7-5-4-6-15(17)20/h4-10,12-13,16,24H,3,11H2,1-2H3,(H,25,26)/t13-,16-/m1/s1. The van der Waals surface area contributed by atoms with E-state index in [2.05, 4.69) is 23.3 Å². The molecule has 0 aliphatic heterocycles. The van der Waals surface area contributed by atoms with Crippen molar-refractivity contribution in [2.24, 2.45) is 0 Å². The van der Waals surface area contributed by atoms with Crippen molar-refractivity contribution in [3.05, 3.63) is 69.8 Å². The minimum Gasteiger partial charge on any atom is -0.361 e. The lowest BCUT2D eigenvalue weighted by molar-refractivity contribution is -0.121. The summed E-state index contributed by atoms with van der Waals surface area (Å²) in [4.78, 5) is 15.9. The lowest BCUT2D eigenvalue weighted by Gasteiger charge is -2.19. The van der Waals surface area contributed by atoms with Gasteiger partial charge in [-0.15, -0.1) is 0 Å². The van der Waals surface area contributed by atoms with E-state index in [4.69, 9.17) is 23.2 Å². The van der Waals surface area contributed by atoms with Gasteiger partial charge in [-0.1, -0.05) is 54.4 Å². The smallest absolute Gasteiger partial charge is 0.221 e. The molecule has 2 atom stereocenters. The summed E-state index contributed by atoms with van der Waals surface area (Å²) in [5, 5.41) is 5.18. The molecule has 3 nitrogen and oxygen atoms in total. The van der Waals surface area contributed by atoms with Crippen LogP contribution in [0.15, 0.2) is 48.7 Å². The molecular formula is C21H22Cl2N2O. The lowest BCUT2D eigenvalue weighted by atomic mass is 9.88. The highest BCUT2D eigenvalue weighted by Crippen LogP contribution is 2.36. The van der Waals surface area contributed by atoms with Gasteiger partial charge in [-0.25, -0.2) is 0 Å². The number of rotatable bonds is 6. The van der Waals surface area contributed by atoms with Gasteiger partial charge in [0.15, 0.2) is 0 Å². The molecule has 1 heterocycles. The number of fused-ring (bicyclic) bond motifs is 1. The van der Waals surface area contributed by atoms with Gasteiger partial charge in [0.05, 0.1) is 10.0 Å². The van der Waals surface area contributed by atoms with Gasteiger partial charge in [0, 0.05) is 35.5 Å². The zero-order chi connectivity index (χ0) is 18.7. The van der Waals surface area contributed by atoms with Crippen molar-refractivity contribution in [1.29, 1.82) is 0 Å². The molecule has 3 aromatic rings. The topological polar surface area (TPSA) is 44.9 Å². The zero-order valence-corrected chi connectivity index (χ0v) is 16.4. The molecule has 0 aliphatic rings. The summed E-state index contributed by atoms with van der Waals surface area (Å²) in [5.74, 6) is -0.0781. The summed E-state index contributed by atoms with van der Waals surface area (Å²) in [5.41, 5.74) is 3.11. The van der Waals surface area contributed by atoms with Crippen LogP contribution in [0.2, 0.25) is 10.0 Å². The van der Waals surface area contributed by atoms with E-state index in [0.29, 0.717) is 16.5 Å². The molecule has 5 heteroatoms. The summed E-state index contributed by atoms with van der Waals surface area (Å²) >= 11 is 12.3. The minimum atomic E-state index is -0.107. The maximum atomic E-state index is 12.6. The van der Waals surface area contributed by atoms with E-state index in [1.165, 1.54) is 0 Å². The summed E-state index contributed by atoms with van der Waals surface area (Å²) in [6.45, 7) is 4.07. The number of amides is 1. The fraction of sp³-hybridized carbons (Fsp3) is 0.286. The van der Waals surface area contributed by atoms with E-state index in [1.807, 2.05) is 43.5 Å². The van der Waals surface area contributed by atoms with Crippen molar-refractivity contribution in [3.63, 3.8) is 0 Å². The zero-order valence-electron chi connectivity index (χ0n) is 14.9. The molecule has 0 fully saturated rings. The van der Waals surface area contributed by atoms with Crippen LogP contribution in [-0.4, -0.2) is 16.9 Å². The predicted octanol–water partition coefficient (Wildman–Crippen LogP) is 5.91. The number of hydrogen-bond donors (Lipinski definition) is 2. The number of aromatic nitrogens is 1. The second kappa shape index (κ2) is 8.15. The van der Waals surface area contributed by atoms with Crippen LogP contribution in [0.5, 0.6) is 0 Å². The molecule has 2 N–H and O–H groups in total. The number of aromatic amines is 1. The van der Waals surface area contributed by atoms with E-state index in [0.717, 1.165) is 28.5 Å². The Morgan fingerprint density at radius 1 is 1.15 bits per heavy atom. The highest BCUT2D eigenvalue weighted by atomic mass is 35.5. The number of para-hydroxylation sites is 1. The van der Waals surface area contributed by atoms with Gasteiger partial charge < -0.3 is 10.3 Å². The Labute approximate surface area is 163 Å². The maximum absolute atomic E-state index is 12.6. The van der Waals surface area contributed by atoms with Crippen LogP contribution in [0.1, 0.15) is 43.7 Å². The molecule has 1 aromatic heterocycles. The number of carbonyl (C=O) groups is 1. The molecule has 1 amide bonds. The number of benzene rings is 2. The molecule has 0 saturated carbocycles. The molecule has 0 spiro atoms. The first-order valence-electron chi connectivity index (χ1n) is 8.80. The lowest BCUT2D eigenvalue weighted by Crippen LogP contribution is -2.33. The first-order valence-corrected chi connectivity index (χ1v) is 9.55. The van der Waals surface area contributed by atoms with Gasteiger partial charge in [0.1, 0.15) is 0 Å². The minimum absolute atomic E-state index is 0.0284.